The molecule has 1 heterocycles. The van der Waals surface area contributed by atoms with Crippen molar-refractivity contribution in [3.63, 3.8) is 0 Å². The van der Waals surface area contributed by atoms with E-state index in [1.54, 1.807) is 25.3 Å². The van der Waals surface area contributed by atoms with Gasteiger partial charge in [-0.05, 0) is 25.3 Å². The van der Waals surface area contributed by atoms with Crippen LogP contribution in [-0.4, -0.2) is 22.6 Å². The largest absolute Gasteiger partial charge is 0.481 e. The van der Waals surface area contributed by atoms with E-state index in [2.05, 4.69) is 10.6 Å². The Kier molecular flexibility index (Phi) is 3.89. The summed E-state index contributed by atoms with van der Waals surface area (Å²) in [4.78, 5) is 22.0. The molecule has 0 unspecified atom stereocenters. The fourth-order valence-corrected chi connectivity index (χ4v) is 1.82. The number of amides is 2. The zero-order valence-corrected chi connectivity index (χ0v) is 9.93. The van der Waals surface area contributed by atoms with Crippen molar-refractivity contribution in [2.75, 3.05) is 5.32 Å². The fraction of sp³-hybridized carbons (Fsp3) is 0.400. The van der Waals surface area contributed by atoms with Gasteiger partial charge in [0.2, 0.25) is 0 Å². The fourth-order valence-electron chi connectivity index (χ4n) is 1.23. The number of urea groups is 1. The number of anilines is 1. The first-order valence-electron chi connectivity index (χ1n) is 4.72. The van der Waals surface area contributed by atoms with Gasteiger partial charge in [0.1, 0.15) is 0 Å². The summed E-state index contributed by atoms with van der Waals surface area (Å²) in [6.45, 7) is 3.32. The van der Waals surface area contributed by atoms with Crippen LogP contribution in [0.1, 0.15) is 20.3 Å². The van der Waals surface area contributed by atoms with E-state index in [9.17, 15) is 9.59 Å². The Hall–Kier alpha value is -1.56. The van der Waals surface area contributed by atoms with Crippen molar-refractivity contribution in [2.24, 2.45) is 0 Å². The molecule has 1 aromatic heterocycles. The van der Waals surface area contributed by atoms with E-state index in [-0.39, 0.29) is 6.42 Å². The summed E-state index contributed by atoms with van der Waals surface area (Å²) < 4.78 is 0. The maximum Gasteiger partial charge on any atom is 0.319 e. The van der Waals surface area contributed by atoms with Gasteiger partial charge in [-0.25, -0.2) is 4.79 Å². The number of hydrogen-bond acceptors (Lipinski definition) is 3. The van der Waals surface area contributed by atoms with Gasteiger partial charge in [0, 0.05) is 10.9 Å². The first-order chi connectivity index (χ1) is 7.39. The SMILES string of the molecule is CC(C)(CC(=O)O)NC(=O)Nc1ccsc1. The second-order valence-electron chi connectivity index (χ2n) is 4.05. The summed E-state index contributed by atoms with van der Waals surface area (Å²) in [6, 6.07) is 1.37. The van der Waals surface area contributed by atoms with Crippen LogP contribution in [0.4, 0.5) is 10.5 Å². The lowest BCUT2D eigenvalue weighted by Gasteiger charge is -2.24. The van der Waals surface area contributed by atoms with Crippen molar-refractivity contribution >= 4 is 29.0 Å². The van der Waals surface area contributed by atoms with Gasteiger partial charge in [0.15, 0.2) is 0 Å². The molecule has 0 saturated heterocycles. The Morgan fingerprint density at radius 3 is 2.69 bits per heavy atom. The predicted molar refractivity (Wildman–Crippen MR) is 62.8 cm³/mol. The number of thiophene rings is 1. The lowest BCUT2D eigenvalue weighted by Crippen LogP contribution is -2.46. The molecule has 0 aromatic carbocycles. The Morgan fingerprint density at radius 1 is 1.50 bits per heavy atom. The van der Waals surface area contributed by atoms with Crippen LogP contribution in [-0.2, 0) is 4.79 Å². The average Bonchev–Trinajstić information content (AvgIpc) is 2.51. The number of aliphatic carboxylic acids is 1. The van der Waals surface area contributed by atoms with Gasteiger partial charge in [-0.15, -0.1) is 0 Å². The van der Waals surface area contributed by atoms with Crippen LogP contribution in [0.2, 0.25) is 0 Å². The smallest absolute Gasteiger partial charge is 0.319 e. The molecule has 88 valence electrons. The lowest BCUT2D eigenvalue weighted by atomic mass is 10.0. The third-order valence-electron chi connectivity index (χ3n) is 1.82. The topological polar surface area (TPSA) is 78.4 Å². The number of carbonyl (C=O) groups is 2. The highest BCUT2D eigenvalue weighted by Gasteiger charge is 2.23. The summed E-state index contributed by atoms with van der Waals surface area (Å²) in [7, 11) is 0. The maximum absolute atomic E-state index is 11.5. The molecule has 1 rings (SSSR count). The molecule has 0 atom stereocenters. The van der Waals surface area contributed by atoms with E-state index in [4.69, 9.17) is 5.11 Å². The van der Waals surface area contributed by atoms with E-state index in [1.165, 1.54) is 11.3 Å². The molecule has 0 aliphatic heterocycles. The predicted octanol–water partition coefficient (Wildman–Crippen LogP) is 2.12. The third kappa shape index (κ3) is 4.31. The molecule has 0 bridgehead atoms. The Labute approximate surface area is 97.5 Å². The molecular formula is C10H14N2O3S. The van der Waals surface area contributed by atoms with Crippen LogP contribution in [0.5, 0.6) is 0 Å². The molecule has 0 aliphatic carbocycles. The quantitative estimate of drug-likeness (QED) is 0.756. The highest BCUT2D eigenvalue weighted by molar-refractivity contribution is 7.08. The highest BCUT2D eigenvalue weighted by atomic mass is 32.1. The van der Waals surface area contributed by atoms with E-state index >= 15 is 0 Å². The van der Waals surface area contributed by atoms with E-state index in [0.29, 0.717) is 5.69 Å². The average molecular weight is 242 g/mol. The van der Waals surface area contributed by atoms with Gasteiger partial charge in [0.25, 0.3) is 0 Å². The Balaban J connectivity index is 2.47. The number of carboxylic acid groups (broad SMARTS) is 1. The van der Waals surface area contributed by atoms with Gasteiger partial charge in [-0.3, -0.25) is 4.79 Å². The van der Waals surface area contributed by atoms with Gasteiger partial charge < -0.3 is 15.7 Å². The Morgan fingerprint density at radius 2 is 2.19 bits per heavy atom. The molecule has 0 saturated carbocycles. The molecule has 0 radical (unpaired) electrons. The summed E-state index contributed by atoms with van der Waals surface area (Å²) >= 11 is 1.47. The van der Waals surface area contributed by atoms with Crippen LogP contribution < -0.4 is 10.6 Å². The van der Waals surface area contributed by atoms with Gasteiger partial charge in [-0.2, -0.15) is 11.3 Å². The van der Waals surface area contributed by atoms with Crippen molar-refractivity contribution in [1.82, 2.24) is 5.32 Å². The first kappa shape index (κ1) is 12.5. The highest BCUT2D eigenvalue weighted by Crippen LogP contribution is 2.13. The molecule has 5 nitrogen and oxygen atoms in total. The van der Waals surface area contributed by atoms with Crippen LogP contribution >= 0.6 is 11.3 Å². The number of nitrogens with one attached hydrogen (secondary N) is 2. The number of carbonyl (C=O) groups excluding carboxylic acids is 1. The van der Waals surface area contributed by atoms with E-state index in [0.717, 1.165) is 0 Å². The minimum absolute atomic E-state index is 0.121. The summed E-state index contributed by atoms with van der Waals surface area (Å²) in [5, 5.41) is 17.5. The van der Waals surface area contributed by atoms with Gasteiger partial charge >= 0.3 is 12.0 Å². The van der Waals surface area contributed by atoms with Crippen molar-refractivity contribution in [3.05, 3.63) is 16.8 Å². The van der Waals surface area contributed by atoms with Crippen molar-refractivity contribution in [3.8, 4) is 0 Å². The number of hydrogen-bond donors (Lipinski definition) is 3. The molecule has 2 amide bonds. The van der Waals surface area contributed by atoms with Crippen LogP contribution in [0.3, 0.4) is 0 Å². The van der Waals surface area contributed by atoms with Gasteiger partial charge in [0.05, 0.1) is 12.1 Å². The van der Waals surface area contributed by atoms with Crippen molar-refractivity contribution in [2.45, 2.75) is 25.8 Å². The van der Waals surface area contributed by atoms with Crippen LogP contribution in [0.15, 0.2) is 16.8 Å². The van der Waals surface area contributed by atoms with Crippen LogP contribution in [0.25, 0.3) is 0 Å². The normalized spacial score (nSPS) is 10.9. The minimum atomic E-state index is -0.944. The van der Waals surface area contributed by atoms with E-state index in [1.807, 2.05) is 5.38 Å². The van der Waals surface area contributed by atoms with E-state index < -0.39 is 17.5 Å². The molecule has 6 heteroatoms. The summed E-state index contributed by atoms with van der Waals surface area (Å²) in [5.74, 6) is -0.944. The summed E-state index contributed by atoms with van der Waals surface area (Å²) in [6.07, 6.45) is -0.121. The first-order valence-corrected chi connectivity index (χ1v) is 5.66. The van der Waals surface area contributed by atoms with Crippen LogP contribution in [0, 0.1) is 0 Å². The second kappa shape index (κ2) is 4.98. The standard InChI is InChI=1S/C10H14N2O3S/c1-10(2,5-8(13)14)12-9(15)11-7-3-4-16-6-7/h3-4,6H,5H2,1-2H3,(H,13,14)(H2,11,12,15). The van der Waals surface area contributed by atoms with Crippen molar-refractivity contribution in [1.29, 1.82) is 0 Å². The third-order valence-corrected chi connectivity index (χ3v) is 2.51. The van der Waals surface area contributed by atoms with Gasteiger partial charge in [-0.1, -0.05) is 0 Å². The lowest BCUT2D eigenvalue weighted by molar-refractivity contribution is -0.138. The molecule has 16 heavy (non-hydrogen) atoms. The Bertz CT molecular complexity index is 373. The number of rotatable bonds is 4. The molecule has 0 fully saturated rings. The zero-order valence-electron chi connectivity index (χ0n) is 9.11. The molecule has 0 aliphatic rings. The monoisotopic (exact) mass is 242 g/mol. The zero-order chi connectivity index (χ0) is 12.2. The summed E-state index contributed by atoms with van der Waals surface area (Å²) in [5.41, 5.74) is -0.0695. The number of carboxylic acids is 1. The molecular weight excluding hydrogens is 228 g/mol. The minimum Gasteiger partial charge on any atom is -0.481 e. The van der Waals surface area contributed by atoms with Crippen molar-refractivity contribution < 1.29 is 14.7 Å². The molecule has 0 spiro atoms. The maximum atomic E-state index is 11.5. The molecule has 1 aromatic rings. The second-order valence-corrected chi connectivity index (χ2v) is 4.83. The molecule has 3 N–H and O–H groups in total.